The van der Waals surface area contributed by atoms with E-state index in [-0.39, 0.29) is 37.5 Å². The predicted octanol–water partition coefficient (Wildman–Crippen LogP) is 23.7. The fourth-order valence-corrected chi connectivity index (χ4v) is 9.37. The van der Waals surface area contributed by atoms with Crippen LogP contribution in [0.15, 0.2) is 134 Å². The van der Waals surface area contributed by atoms with Crippen LogP contribution in [-0.4, -0.2) is 37.2 Å². The average molecular weight is 1140 g/mol. The summed E-state index contributed by atoms with van der Waals surface area (Å²) in [4.78, 5) is 38.0. The molecule has 0 aliphatic carbocycles. The smallest absolute Gasteiger partial charge is 0.306 e. The van der Waals surface area contributed by atoms with Gasteiger partial charge in [0.2, 0.25) is 0 Å². The second-order valence-electron chi connectivity index (χ2n) is 22.3. The fraction of sp³-hybridized carbons (Fsp3) is 0.671. The van der Waals surface area contributed by atoms with Gasteiger partial charge in [0.15, 0.2) is 6.10 Å². The van der Waals surface area contributed by atoms with E-state index in [2.05, 4.69) is 154 Å². The van der Waals surface area contributed by atoms with Crippen molar-refractivity contribution < 1.29 is 28.6 Å². The summed E-state index contributed by atoms with van der Waals surface area (Å²) in [5.74, 6) is -0.965. The molecule has 0 saturated heterocycles. The van der Waals surface area contributed by atoms with E-state index < -0.39 is 6.10 Å². The van der Waals surface area contributed by atoms with Crippen molar-refractivity contribution in [3.05, 3.63) is 134 Å². The molecule has 0 amide bonds. The zero-order chi connectivity index (χ0) is 59.2. The lowest BCUT2D eigenvalue weighted by Gasteiger charge is -2.18. The van der Waals surface area contributed by atoms with Gasteiger partial charge in [0.1, 0.15) is 13.2 Å². The molecule has 0 fully saturated rings. The molecular formula is C76H126O6. The van der Waals surface area contributed by atoms with Crippen LogP contribution in [0.25, 0.3) is 0 Å². The first-order valence-electron chi connectivity index (χ1n) is 34.2. The van der Waals surface area contributed by atoms with E-state index >= 15 is 0 Å². The maximum absolute atomic E-state index is 12.8. The van der Waals surface area contributed by atoms with Gasteiger partial charge in [0, 0.05) is 19.3 Å². The minimum Gasteiger partial charge on any atom is -0.462 e. The first kappa shape index (κ1) is 77.5. The van der Waals surface area contributed by atoms with Gasteiger partial charge in [-0.2, -0.15) is 0 Å². The lowest BCUT2D eigenvalue weighted by atomic mass is 10.0. The highest BCUT2D eigenvalue weighted by molar-refractivity contribution is 5.71. The molecule has 0 radical (unpaired) electrons. The number of unbranched alkanes of at least 4 members (excludes halogenated alkanes) is 28. The Morgan fingerprint density at radius 1 is 0.256 bits per heavy atom. The van der Waals surface area contributed by atoms with Crippen LogP contribution in [0.2, 0.25) is 0 Å². The van der Waals surface area contributed by atoms with Crippen molar-refractivity contribution >= 4 is 17.9 Å². The standard InChI is InChI=1S/C76H126O6/c1-4-7-10-13-16-18-20-22-24-26-28-30-32-33-34-35-36-37-38-39-40-41-42-43-45-46-48-50-52-54-56-58-60-63-66-69-75(78)81-72-73(71-80-74(77)68-65-62-15-12-9-6-3)82-76(79)70-67-64-61-59-57-55-53-51-49-47-44-31-29-27-25-23-21-19-17-14-11-8-5-2/h7-8,10-11,16-19,22-25,28-31,47,49,53,55,59,61,73H,4-6,9,12-15,20-21,26-27,32-46,48,50-52,54,56-58,60,62-72H2,1-3H3/b10-7-,11-8-,18-16-,19-17-,24-22-,25-23-,30-28-,31-29-,49-47-,55-53-,61-59-. The van der Waals surface area contributed by atoms with Crippen molar-refractivity contribution in [1.29, 1.82) is 0 Å². The molecule has 0 spiro atoms. The largest absolute Gasteiger partial charge is 0.462 e. The Kier molecular flexibility index (Phi) is 65.3. The van der Waals surface area contributed by atoms with Gasteiger partial charge in [-0.3, -0.25) is 14.4 Å². The molecule has 0 aromatic carbocycles. The van der Waals surface area contributed by atoms with Gasteiger partial charge in [-0.15, -0.1) is 0 Å². The van der Waals surface area contributed by atoms with E-state index in [1.165, 1.54) is 148 Å². The van der Waals surface area contributed by atoms with Crippen molar-refractivity contribution in [2.45, 2.75) is 316 Å². The van der Waals surface area contributed by atoms with Gasteiger partial charge in [0.05, 0.1) is 0 Å². The van der Waals surface area contributed by atoms with Crippen molar-refractivity contribution in [3.8, 4) is 0 Å². The van der Waals surface area contributed by atoms with Gasteiger partial charge in [-0.05, 0) is 109 Å². The molecule has 0 bridgehead atoms. The molecule has 466 valence electrons. The summed E-state index contributed by atoms with van der Waals surface area (Å²) in [6.07, 6.45) is 98.2. The van der Waals surface area contributed by atoms with Gasteiger partial charge < -0.3 is 14.2 Å². The molecule has 6 nitrogen and oxygen atoms in total. The second kappa shape index (κ2) is 69.0. The van der Waals surface area contributed by atoms with Crippen molar-refractivity contribution in [2.75, 3.05) is 13.2 Å². The Morgan fingerprint density at radius 3 is 0.780 bits per heavy atom. The van der Waals surface area contributed by atoms with Crippen LogP contribution in [0.1, 0.15) is 310 Å². The number of carbonyl (C=O) groups excluding carboxylic acids is 3. The summed E-state index contributed by atoms with van der Waals surface area (Å²) >= 11 is 0. The molecule has 0 aliphatic heterocycles. The number of esters is 3. The maximum atomic E-state index is 12.8. The lowest BCUT2D eigenvalue weighted by molar-refractivity contribution is -0.167. The van der Waals surface area contributed by atoms with E-state index in [9.17, 15) is 14.4 Å². The molecule has 82 heavy (non-hydrogen) atoms. The highest BCUT2D eigenvalue weighted by Crippen LogP contribution is 2.17. The monoisotopic (exact) mass is 1130 g/mol. The van der Waals surface area contributed by atoms with E-state index in [1.807, 2.05) is 0 Å². The van der Waals surface area contributed by atoms with E-state index in [0.717, 1.165) is 116 Å². The average Bonchev–Trinajstić information content (AvgIpc) is 3.47. The van der Waals surface area contributed by atoms with Crippen LogP contribution in [0, 0.1) is 0 Å². The van der Waals surface area contributed by atoms with Crippen LogP contribution >= 0.6 is 0 Å². The van der Waals surface area contributed by atoms with Gasteiger partial charge in [-0.1, -0.05) is 315 Å². The summed E-state index contributed by atoms with van der Waals surface area (Å²) in [6, 6.07) is 0. The third kappa shape index (κ3) is 66.4. The Bertz CT molecular complexity index is 1730. The molecule has 0 aliphatic rings. The van der Waals surface area contributed by atoms with Crippen LogP contribution in [0.3, 0.4) is 0 Å². The highest BCUT2D eigenvalue weighted by Gasteiger charge is 2.19. The normalized spacial score (nSPS) is 13.0. The van der Waals surface area contributed by atoms with Crippen molar-refractivity contribution in [2.24, 2.45) is 0 Å². The third-order valence-electron chi connectivity index (χ3n) is 14.4. The SMILES string of the molecule is CC/C=C\C/C=C\C/C=C\C/C=C\C/C=C\C/C=C\C/C=C\CCCC(=O)OC(COC(=O)CCCCCCCC)COC(=O)CCCCCCCCCCCCCCCCCCCCCCCC/C=C\C/C=C\C/C=C\C/C=C\CC. The summed E-state index contributed by atoms with van der Waals surface area (Å²) < 4.78 is 16.8. The van der Waals surface area contributed by atoms with Gasteiger partial charge in [-0.25, -0.2) is 0 Å². The number of ether oxygens (including phenoxy) is 3. The Balaban J connectivity index is 4.05. The predicted molar refractivity (Wildman–Crippen MR) is 357 cm³/mol. The summed E-state index contributed by atoms with van der Waals surface area (Å²) in [6.45, 7) is 6.32. The summed E-state index contributed by atoms with van der Waals surface area (Å²) in [5, 5.41) is 0. The van der Waals surface area contributed by atoms with E-state index in [1.54, 1.807) is 0 Å². The highest BCUT2D eigenvalue weighted by atomic mass is 16.6. The van der Waals surface area contributed by atoms with Crippen LogP contribution < -0.4 is 0 Å². The number of hydrogen-bond acceptors (Lipinski definition) is 6. The Morgan fingerprint density at radius 2 is 0.488 bits per heavy atom. The molecular weight excluding hydrogens is 1010 g/mol. The summed E-state index contributed by atoms with van der Waals surface area (Å²) in [7, 11) is 0. The lowest BCUT2D eigenvalue weighted by Crippen LogP contribution is -2.30. The van der Waals surface area contributed by atoms with Crippen molar-refractivity contribution in [1.82, 2.24) is 0 Å². The van der Waals surface area contributed by atoms with Gasteiger partial charge in [0.25, 0.3) is 0 Å². The number of carbonyl (C=O) groups is 3. The minimum atomic E-state index is -0.808. The van der Waals surface area contributed by atoms with E-state index in [0.29, 0.717) is 19.3 Å². The van der Waals surface area contributed by atoms with Crippen LogP contribution in [0.4, 0.5) is 0 Å². The number of allylic oxidation sites excluding steroid dienone is 22. The molecule has 0 heterocycles. The van der Waals surface area contributed by atoms with Gasteiger partial charge >= 0.3 is 17.9 Å². The molecule has 0 saturated carbocycles. The molecule has 1 unspecified atom stereocenters. The maximum Gasteiger partial charge on any atom is 0.306 e. The zero-order valence-electron chi connectivity index (χ0n) is 53.5. The number of hydrogen-bond donors (Lipinski definition) is 0. The fourth-order valence-electron chi connectivity index (χ4n) is 9.37. The zero-order valence-corrected chi connectivity index (χ0v) is 53.5. The Labute approximate surface area is 506 Å². The molecule has 1 atom stereocenters. The minimum absolute atomic E-state index is 0.101. The molecule has 0 aromatic rings. The first-order valence-corrected chi connectivity index (χ1v) is 34.2. The Hall–Kier alpha value is -4.45. The quantitative estimate of drug-likeness (QED) is 0.0261. The molecule has 6 heteroatoms. The van der Waals surface area contributed by atoms with E-state index in [4.69, 9.17) is 14.2 Å². The molecule has 0 rings (SSSR count). The van der Waals surface area contributed by atoms with Crippen molar-refractivity contribution in [3.63, 3.8) is 0 Å². The topological polar surface area (TPSA) is 78.9 Å². The molecule has 0 aromatic heterocycles. The van der Waals surface area contributed by atoms with Crippen LogP contribution in [0.5, 0.6) is 0 Å². The number of rotatable bonds is 61. The van der Waals surface area contributed by atoms with Crippen LogP contribution in [-0.2, 0) is 28.6 Å². The molecule has 0 N–H and O–H groups in total. The summed E-state index contributed by atoms with van der Waals surface area (Å²) in [5.41, 5.74) is 0. The second-order valence-corrected chi connectivity index (χ2v) is 22.3. The first-order chi connectivity index (χ1) is 40.5. The third-order valence-corrected chi connectivity index (χ3v) is 14.4.